The van der Waals surface area contributed by atoms with E-state index >= 15 is 0 Å². The smallest absolute Gasteiger partial charge is 0.417 e. The topological polar surface area (TPSA) is 158 Å². The van der Waals surface area contributed by atoms with Crippen molar-refractivity contribution in [2.24, 2.45) is 29.4 Å². The molecule has 1 aromatic rings. The summed E-state index contributed by atoms with van der Waals surface area (Å²) >= 11 is 0. The summed E-state index contributed by atoms with van der Waals surface area (Å²) in [6.45, 7) is 3.54. The number of likely N-dealkylation sites (N-methyl/N-ethyl adjacent to an activating group) is 1. The van der Waals surface area contributed by atoms with E-state index in [1.54, 1.807) is 11.9 Å². The molecule has 0 bridgehead atoms. The molecule has 4 rings (SSSR count). The molecule has 0 saturated heterocycles. The molecule has 0 aromatic heterocycles. The van der Waals surface area contributed by atoms with Crippen molar-refractivity contribution in [3.05, 3.63) is 28.3 Å². The fourth-order valence-electron chi connectivity index (χ4n) is 6.96. The number of aliphatic hydroxyl groups is 1. The van der Waals surface area contributed by atoms with Crippen LogP contribution in [0.4, 0.5) is 13.2 Å². The van der Waals surface area contributed by atoms with Crippen molar-refractivity contribution in [2.75, 3.05) is 21.1 Å². The summed E-state index contributed by atoms with van der Waals surface area (Å²) in [5, 5.41) is 22.4. The number of halogens is 3. The molecule has 4 N–H and O–H groups in total. The number of primary amides is 1. The Balaban J connectivity index is 1.89. The average Bonchev–Trinajstić information content (AvgIpc) is 2.84. The zero-order valence-electron chi connectivity index (χ0n) is 23.4. The molecule has 1 amide bonds. The molecule has 0 heterocycles. The molecule has 7 atom stereocenters. The highest BCUT2D eigenvalue weighted by Gasteiger charge is 2.69. The number of hydrogen-bond acceptors (Lipinski definition) is 9. The molecule has 13 heteroatoms. The fourth-order valence-corrected chi connectivity index (χ4v) is 6.96. The van der Waals surface area contributed by atoms with Gasteiger partial charge < -0.3 is 15.9 Å². The molecule has 2 saturated carbocycles. The first kappa shape index (κ1) is 30.8. The molecule has 10 nitrogen and oxygen atoms in total. The van der Waals surface area contributed by atoms with Crippen molar-refractivity contribution in [1.82, 2.24) is 9.80 Å². The molecule has 3 aliphatic rings. The number of ketones is 4. The number of benzene rings is 1. The highest BCUT2D eigenvalue weighted by Crippen LogP contribution is 2.52. The van der Waals surface area contributed by atoms with Gasteiger partial charge in [-0.3, -0.25) is 33.8 Å². The summed E-state index contributed by atoms with van der Waals surface area (Å²) in [6.07, 6.45) is -5.05. The molecule has 224 valence electrons. The Bertz CT molecular complexity index is 1340. The van der Waals surface area contributed by atoms with Crippen molar-refractivity contribution in [3.8, 4) is 5.75 Å². The quantitative estimate of drug-likeness (QED) is 0.419. The minimum atomic E-state index is -4.91. The predicted octanol–water partition coefficient (Wildman–Crippen LogP) is 1.12. The van der Waals surface area contributed by atoms with E-state index in [4.69, 9.17) is 5.73 Å². The molecule has 3 aliphatic carbocycles. The lowest BCUT2D eigenvalue weighted by atomic mass is 9.52. The fraction of sp³-hybridized carbons (Fsp3) is 0.607. The zero-order valence-corrected chi connectivity index (χ0v) is 23.4. The first-order valence-electron chi connectivity index (χ1n) is 13.4. The first-order valence-corrected chi connectivity index (χ1v) is 13.4. The van der Waals surface area contributed by atoms with Crippen molar-refractivity contribution >= 4 is 29.0 Å². The third kappa shape index (κ3) is 4.58. The van der Waals surface area contributed by atoms with Crippen LogP contribution in [0.15, 0.2) is 6.07 Å². The van der Waals surface area contributed by atoms with Gasteiger partial charge in [0.15, 0.2) is 34.7 Å². The number of fused-ring (bicyclic) bond motifs is 3. The lowest BCUT2D eigenvalue weighted by Crippen LogP contribution is -2.74. The molecule has 0 aliphatic heterocycles. The van der Waals surface area contributed by atoms with Crippen molar-refractivity contribution in [1.29, 1.82) is 0 Å². The number of phenols is 1. The molecule has 41 heavy (non-hydrogen) atoms. The number of nitrogens with zero attached hydrogens (tertiary/aromatic N) is 2. The number of rotatable bonds is 6. The molecule has 0 spiro atoms. The van der Waals surface area contributed by atoms with Gasteiger partial charge in [0.25, 0.3) is 0 Å². The number of phenolic OH excluding ortho intramolecular Hbond substituents is 1. The van der Waals surface area contributed by atoms with E-state index in [0.717, 1.165) is 6.07 Å². The molecule has 2 fully saturated rings. The second-order valence-corrected chi connectivity index (χ2v) is 11.7. The van der Waals surface area contributed by atoms with Gasteiger partial charge in [-0.1, -0.05) is 6.92 Å². The van der Waals surface area contributed by atoms with Gasteiger partial charge in [0.05, 0.1) is 23.1 Å². The van der Waals surface area contributed by atoms with Gasteiger partial charge >= 0.3 is 6.18 Å². The maximum absolute atomic E-state index is 14.6. The average molecular weight is 582 g/mol. The Morgan fingerprint density at radius 2 is 1.78 bits per heavy atom. The number of hydrogen-bond donors (Lipinski definition) is 3. The Labute approximate surface area is 234 Å². The molecular formula is C28H34F3N3O7. The van der Waals surface area contributed by atoms with Crippen LogP contribution in [0, 0.1) is 23.7 Å². The van der Waals surface area contributed by atoms with Crippen LogP contribution >= 0.6 is 0 Å². The Morgan fingerprint density at radius 1 is 1.17 bits per heavy atom. The van der Waals surface area contributed by atoms with Crippen LogP contribution in [-0.2, 0) is 38.3 Å². The summed E-state index contributed by atoms with van der Waals surface area (Å²) in [6, 6.07) is -0.552. The van der Waals surface area contributed by atoms with E-state index in [2.05, 4.69) is 0 Å². The second kappa shape index (κ2) is 10.3. The molecular weight excluding hydrogens is 547 g/mol. The third-order valence-corrected chi connectivity index (χ3v) is 9.19. The number of Topliss-reactive ketones (excluding diaryl/α,β-unsaturated/α-hetero) is 4. The SMILES string of the molecule is CCC(C)N(C)Cc1cc(O)c2c(c1C(F)(F)F)C[C@H]1C[C@H]3[C@H](N(C)C)C(=O)C(C(N)=O)C(=O)[C@@]3(O)C(=O)C1C2=O. The van der Waals surface area contributed by atoms with E-state index in [0.29, 0.717) is 6.42 Å². The number of carbonyl (C=O) groups is 5. The summed E-state index contributed by atoms with van der Waals surface area (Å²) < 4.78 is 43.8. The normalized spacial score (nSPS) is 30.8. The highest BCUT2D eigenvalue weighted by molar-refractivity contribution is 6.32. The molecule has 0 radical (unpaired) electrons. The first-order chi connectivity index (χ1) is 18.9. The Morgan fingerprint density at radius 3 is 2.29 bits per heavy atom. The van der Waals surface area contributed by atoms with Crippen molar-refractivity contribution in [3.63, 3.8) is 0 Å². The van der Waals surface area contributed by atoms with Crippen LogP contribution in [0.5, 0.6) is 5.75 Å². The number of amides is 1. The van der Waals surface area contributed by atoms with Gasteiger partial charge in [0.1, 0.15) is 5.75 Å². The maximum Gasteiger partial charge on any atom is 0.417 e. The van der Waals surface area contributed by atoms with E-state index < -0.39 is 99.4 Å². The number of carbonyl (C=O) groups excluding carboxylic acids is 5. The van der Waals surface area contributed by atoms with E-state index in [1.165, 1.54) is 19.0 Å². The largest absolute Gasteiger partial charge is 0.507 e. The van der Waals surface area contributed by atoms with Crippen LogP contribution in [0.3, 0.4) is 0 Å². The lowest BCUT2D eigenvalue weighted by Gasteiger charge is -2.52. The van der Waals surface area contributed by atoms with Crippen LogP contribution in [-0.4, -0.2) is 87.9 Å². The predicted molar refractivity (Wildman–Crippen MR) is 138 cm³/mol. The summed E-state index contributed by atoms with van der Waals surface area (Å²) in [5.41, 5.74) is -0.117. The summed E-state index contributed by atoms with van der Waals surface area (Å²) in [5.74, 6) is -13.4. The van der Waals surface area contributed by atoms with Crippen LogP contribution in [0.1, 0.15) is 53.7 Å². The Hall–Kier alpha value is -3.16. The molecule has 3 unspecified atom stereocenters. The minimum absolute atomic E-state index is 0.0810. The van der Waals surface area contributed by atoms with Crippen LogP contribution in [0.25, 0.3) is 0 Å². The van der Waals surface area contributed by atoms with Gasteiger partial charge in [0.2, 0.25) is 5.91 Å². The lowest BCUT2D eigenvalue weighted by molar-refractivity contribution is -0.181. The van der Waals surface area contributed by atoms with Crippen molar-refractivity contribution in [2.45, 2.75) is 63.5 Å². The van der Waals surface area contributed by atoms with E-state index in [9.17, 15) is 47.4 Å². The van der Waals surface area contributed by atoms with E-state index in [1.807, 2.05) is 13.8 Å². The molecule has 1 aromatic carbocycles. The summed E-state index contributed by atoms with van der Waals surface area (Å²) in [7, 11) is 4.49. The van der Waals surface area contributed by atoms with Gasteiger partial charge in [-0.25, -0.2) is 0 Å². The Kier molecular flexibility index (Phi) is 7.72. The minimum Gasteiger partial charge on any atom is -0.507 e. The number of nitrogens with two attached hydrogens (primary N) is 1. The zero-order chi connectivity index (χ0) is 30.9. The van der Waals surface area contributed by atoms with Crippen LogP contribution < -0.4 is 5.73 Å². The van der Waals surface area contributed by atoms with Crippen molar-refractivity contribution < 1.29 is 47.4 Å². The number of aromatic hydroxyl groups is 1. The monoisotopic (exact) mass is 581 g/mol. The summed E-state index contributed by atoms with van der Waals surface area (Å²) in [4.78, 5) is 69.0. The van der Waals surface area contributed by atoms with Gasteiger partial charge in [-0.15, -0.1) is 0 Å². The number of alkyl halides is 3. The van der Waals surface area contributed by atoms with Crippen LogP contribution in [0.2, 0.25) is 0 Å². The second-order valence-electron chi connectivity index (χ2n) is 11.7. The van der Waals surface area contributed by atoms with Gasteiger partial charge in [0, 0.05) is 18.5 Å². The van der Waals surface area contributed by atoms with E-state index in [-0.39, 0.29) is 24.6 Å². The van der Waals surface area contributed by atoms with Gasteiger partial charge in [-0.05, 0) is 70.4 Å². The van der Waals surface area contributed by atoms with Gasteiger partial charge in [-0.2, -0.15) is 13.2 Å². The maximum atomic E-state index is 14.6. The highest BCUT2D eigenvalue weighted by atomic mass is 19.4. The standard InChI is InChI=1S/C28H34F3N3O7/c1-6-11(2)34(5)10-13-9-16(35)18-14(20(13)28(29,30)31)7-12-8-15-21(33(3)4)23(37)19(26(32)40)25(39)27(15,41)24(38)17(12)22(18)36/h9,11-12,15,17,19,21,35,41H,6-8,10H2,1-5H3,(H2,32,40)/t11?,12-,15-,17?,19?,21-,27-/m0/s1. The third-order valence-electron chi connectivity index (χ3n) is 9.19.